The van der Waals surface area contributed by atoms with E-state index in [2.05, 4.69) is 10.1 Å². The van der Waals surface area contributed by atoms with Gasteiger partial charge in [0.1, 0.15) is 5.75 Å². The summed E-state index contributed by atoms with van der Waals surface area (Å²) >= 11 is 0. The van der Waals surface area contributed by atoms with Gasteiger partial charge >= 0.3 is 6.36 Å². The number of carbonyl (C=O) groups is 1. The van der Waals surface area contributed by atoms with E-state index < -0.39 is 6.36 Å². The van der Waals surface area contributed by atoms with Crippen molar-refractivity contribution in [1.29, 1.82) is 0 Å². The van der Waals surface area contributed by atoms with E-state index in [0.29, 0.717) is 19.5 Å². The molecule has 1 aliphatic heterocycles. The molecule has 1 saturated heterocycles. The smallest absolute Gasteiger partial charge is 0.406 e. The minimum absolute atomic E-state index is 0.124. The van der Waals surface area contributed by atoms with Crippen LogP contribution in [0.25, 0.3) is 0 Å². The summed E-state index contributed by atoms with van der Waals surface area (Å²) < 4.78 is 40.0. The molecular formula is C16H21F3N2O3. The average molecular weight is 346 g/mol. The molecule has 0 aliphatic carbocycles. The number of ether oxygens (including phenoxy) is 1. The van der Waals surface area contributed by atoms with Gasteiger partial charge in [-0.25, -0.2) is 0 Å². The first-order chi connectivity index (χ1) is 11.3. The van der Waals surface area contributed by atoms with Crippen molar-refractivity contribution in [2.75, 3.05) is 26.2 Å². The Bertz CT molecular complexity index is 534. The fourth-order valence-electron chi connectivity index (χ4n) is 2.64. The molecule has 1 atom stereocenters. The van der Waals surface area contributed by atoms with Crippen LogP contribution in [0.2, 0.25) is 0 Å². The zero-order valence-electron chi connectivity index (χ0n) is 13.2. The lowest BCUT2D eigenvalue weighted by atomic mass is 10.1. The topological polar surface area (TPSA) is 61.8 Å². The number of alkyl halides is 3. The first kappa shape index (κ1) is 18.5. The average Bonchev–Trinajstić information content (AvgIpc) is 2.47. The summed E-state index contributed by atoms with van der Waals surface area (Å²) in [5.74, 6) is -0.389. The summed E-state index contributed by atoms with van der Waals surface area (Å²) in [7, 11) is 0. The number of amides is 1. The van der Waals surface area contributed by atoms with Crippen molar-refractivity contribution in [3.05, 3.63) is 29.8 Å². The molecule has 0 aromatic heterocycles. The number of likely N-dealkylation sites (tertiary alicyclic amines) is 1. The monoisotopic (exact) mass is 346 g/mol. The maximum absolute atomic E-state index is 12.1. The van der Waals surface area contributed by atoms with Gasteiger partial charge in [0, 0.05) is 13.1 Å². The first-order valence-electron chi connectivity index (χ1n) is 7.83. The lowest BCUT2D eigenvalue weighted by molar-refractivity contribution is -0.274. The van der Waals surface area contributed by atoms with Crippen LogP contribution in [0.4, 0.5) is 13.2 Å². The van der Waals surface area contributed by atoms with E-state index >= 15 is 0 Å². The summed E-state index contributed by atoms with van der Waals surface area (Å²) in [6.07, 6.45) is -2.91. The number of piperidine rings is 1. The van der Waals surface area contributed by atoms with Crippen LogP contribution < -0.4 is 10.1 Å². The van der Waals surface area contributed by atoms with E-state index in [9.17, 15) is 23.1 Å². The van der Waals surface area contributed by atoms with Crippen molar-refractivity contribution < 1.29 is 27.8 Å². The second-order valence-electron chi connectivity index (χ2n) is 5.82. The Labute approximate surface area is 138 Å². The standard InChI is InChI=1S/C16H21F3N2O3/c17-16(18,19)24-14-5-3-12(4-6-14)7-8-20-15(23)11-21-9-1-2-13(22)10-21/h3-6,13,22H,1-2,7-11H2,(H,20,23). The van der Waals surface area contributed by atoms with Gasteiger partial charge in [-0.2, -0.15) is 0 Å². The number of β-amino-alcohol motifs (C(OH)–C–C–N with tert-alkyl or cyclic N) is 1. The second-order valence-corrected chi connectivity index (χ2v) is 5.82. The van der Waals surface area contributed by atoms with E-state index in [4.69, 9.17) is 0 Å². The van der Waals surface area contributed by atoms with Gasteiger partial charge in [-0.3, -0.25) is 9.69 Å². The Morgan fingerprint density at radius 1 is 1.33 bits per heavy atom. The summed E-state index contributed by atoms with van der Waals surface area (Å²) in [6.45, 7) is 1.95. The number of hydrogen-bond donors (Lipinski definition) is 2. The molecule has 1 amide bonds. The lowest BCUT2D eigenvalue weighted by Crippen LogP contribution is -2.44. The largest absolute Gasteiger partial charge is 0.573 e. The third kappa shape index (κ3) is 6.76. The number of benzene rings is 1. The van der Waals surface area contributed by atoms with E-state index in [1.807, 2.05) is 4.90 Å². The lowest BCUT2D eigenvalue weighted by Gasteiger charge is -2.29. The molecule has 1 fully saturated rings. The molecule has 0 radical (unpaired) electrons. The zero-order valence-corrected chi connectivity index (χ0v) is 13.2. The predicted octanol–water partition coefficient (Wildman–Crippen LogP) is 1.70. The number of halogens is 3. The van der Waals surface area contributed by atoms with E-state index in [1.54, 1.807) is 0 Å². The first-order valence-corrected chi connectivity index (χ1v) is 7.83. The Balaban J connectivity index is 1.68. The summed E-state index contributed by atoms with van der Waals surface area (Å²) in [5.41, 5.74) is 0.804. The number of nitrogens with one attached hydrogen (secondary N) is 1. The molecule has 1 aromatic rings. The molecule has 134 valence electrons. The molecule has 8 heteroatoms. The van der Waals surface area contributed by atoms with Crippen molar-refractivity contribution in [2.45, 2.75) is 31.7 Å². The quantitative estimate of drug-likeness (QED) is 0.823. The number of nitrogens with zero attached hydrogens (tertiary/aromatic N) is 1. The molecule has 5 nitrogen and oxygen atoms in total. The van der Waals surface area contributed by atoms with Crippen LogP contribution in [0.5, 0.6) is 5.75 Å². The number of aliphatic hydroxyl groups is 1. The molecule has 1 aromatic carbocycles. The molecule has 2 N–H and O–H groups in total. The highest BCUT2D eigenvalue weighted by molar-refractivity contribution is 5.78. The zero-order chi connectivity index (χ0) is 17.6. The molecule has 1 unspecified atom stereocenters. The van der Waals surface area contributed by atoms with Crippen LogP contribution in [0.1, 0.15) is 18.4 Å². The Morgan fingerprint density at radius 2 is 2.04 bits per heavy atom. The molecule has 0 saturated carbocycles. The highest BCUT2D eigenvalue weighted by Gasteiger charge is 2.30. The van der Waals surface area contributed by atoms with Crippen LogP contribution in [0.15, 0.2) is 24.3 Å². The number of aliphatic hydroxyl groups excluding tert-OH is 1. The Kier molecular flexibility index (Phi) is 6.44. The maximum atomic E-state index is 12.1. The van der Waals surface area contributed by atoms with Gasteiger partial charge < -0.3 is 15.2 Å². The van der Waals surface area contributed by atoms with Gasteiger partial charge in [-0.1, -0.05) is 12.1 Å². The maximum Gasteiger partial charge on any atom is 0.573 e. The normalized spacial score (nSPS) is 19.1. The third-order valence-corrected chi connectivity index (χ3v) is 3.74. The third-order valence-electron chi connectivity index (χ3n) is 3.74. The summed E-state index contributed by atoms with van der Waals surface area (Å²) in [4.78, 5) is 13.7. The molecular weight excluding hydrogens is 325 g/mol. The van der Waals surface area contributed by atoms with Gasteiger partial charge in [0.25, 0.3) is 0 Å². The summed E-state index contributed by atoms with van der Waals surface area (Å²) in [6, 6.07) is 5.57. The molecule has 1 heterocycles. The van der Waals surface area contributed by atoms with Gasteiger partial charge in [0.2, 0.25) is 5.91 Å². The Hall–Kier alpha value is -1.80. The van der Waals surface area contributed by atoms with Crippen molar-refractivity contribution in [2.24, 2.45) is 0 Å². The number of hydrogen-bond acceptors (Lipinski definition) is 4. The predicted molar refractivity (Wildman–Crippen MR) is 81.5 cm³/mol. The fourth-order valence-corrected chi connectivity index (χ4v) is 2.64. The molecule has 0 bridgehead atoms. The second kappa shape index (κ2) is 8.34. The SMILES string of the molecule is O=C(CN1CCCC(O)C1)NCCc1ccc(OC(F)(F)F)cc1. The van der Waals surface area contributed by atoms with Gasteiger partial charge in [-0.15, -0.1) is 13.2 Å². The highest BCUT2D eigenvalue weighted by atomic mass is 19.4. The molecule has 24 heavy (non-hydrogen) atoms. The van der Waals surface area contributed by atoms with Crippen LogP contribution >= 0.6 is 0 Å². The minimum Gasteiger partial charge on any atom is -0.406 e. The van der Waals surface area contributed by atoms with Gasteiger partial charge in [0.15, 0.2) is 0 Å². The van der Waals surface area contributed by atoms with Crippen molar-refractivity contribution >= 4 is 5.91 Å². The van der Waals surface area contributed by atoms with Crippen LogP contribution in [-0.2, 0) is 11.2 Å². The number of rotatable bonds is 6. The molecule has 2 rings (SSSR count). The molecule has 0 spiro atoms. The highest BCUT2D eigenvalue weighted by Crippen LogP contribution is 2.22. The van der Waals surface area contributed by atoms with Gasteiger partial charge in [0.05, 0.1) is 12.6 Å². The summed E-state index contributed by atoms with van der Waals surface area (Å²) in [5, 5.41) is 12.3. The van der Waals surface area contributed by atoms with Crippen LogP contribution in [0.3, 0.4) is 0 Å². The van der Waals surface area contributed by atoms with Crippen LogP contribution in [-0.4, -0.2) is 54.6 Å². The van der Waals surface area contributed by atoms with Crippen molar-refractivity contribution in [1.82, 2.24) is 10.2 Å². The molecule has 1 aliphatic rings. The number of carbonyl (C=O) groups excluding carboxylic acids is 1. The van der Waals surface area contributed by atoms with E-state index in [1.165, 1.54) is 24.3 Å². The van der Waals surface area contributed by atoms with E-state index in [0.717, 1.165) is 24.9 Å². The van der Waals surface area contributed by atoms with Gasteiger partial charge in [-0.05, 0) is 43.5 Å². The Morgan fingerprint density at radius 3 is 2.67 bits per heavy atom. The van der Waals surface area contributed by atoms with Crippen molar-refractivity contribution in [3.8, 4) is 5.75 Å². The van der Waals surface area contributed by atoms with Crippen molar-refractivity contribution in [3.63, 3.8) is 0 Å². The minimum atomic E-state index is -4.70. The van der Waals surface area contributed by atoms with Crippen LogP contribution in [0, 0.1) is 0 Å². The van der Waals surface area contributed by atoms with E-state index in [-0.39, 0.29) is 24.3 Å². The fraction of sp³-hybridized carbons (Fsp3) is 0.562.